The van der Waals surface area contributed by atoms with Gasteiger partial charge in [-0.1, -0.05) is 0 Å². The fraction of sp³-hybridized carbons (Fsp3) is 0.375. The van der Waals surface area contributed by atoms with Crippen molar-refractivity contribution in [2.24, 2.45) is 0 Å². The highest BCUT2D eigenvalue weighted by molar-refractivity contribution is 5.94. The van der Waals surface area contributed by atoms with Crippen molar-refractivity contribution in [2.75, 3.05) is 14.2 Å². The number of carbonyl (C=O) groups is 1. The molecule has 0 aliphatic carbocycles. The van der Waals surface area contributed by atoms with E-state index in [0.29, 0.717) is 4.90 Å². The Morgan fingerprint density at radius 1 is 1.64 bits per heavy atom. The van der Waals surface area contributed by atoms with Crippen molar-refractivity contribution in [3.05, 3.63) is 23.7 Å². The summed E-state index contributed by atoms with van der Waals surface area (Å²) in [5.41, 5.74) is 1.76. The van der Waals surface area contributed by atoms with Crippen LogP contribution in [0.4, 0.5) is 8.78 Å². The molecule has 0 aromatic rings. The molecule has 0 saturated carbocycles. The van der Waals surface area contributed by atoms with Gasteiger partial charge in [-0.05, 0) is 12.2 Å². The predicted octanol–water partition coefficient (Wildman–Crippen LogP) is 0.642. The molecule has 0 aromatic carbocycles. The molecule has 78 valence electrons. The summed E-state index contributed by atoms with van der Waals surface area (Å²) in [5.74, 6) is -1.46. The van der Waals surface area contributed by atoms with E-state index in [0.717, 1.165) is 12.2 Å². The van der Waals surface area contributed by atoms with Crippen LogP contribution in [0.5, 0.6) is 0 Å². The Hall–Kier alpha value is -1.43. The summed E-state index contributed by atoms with van der Waals surface area (Å²) in [6.45, 7) is 0. The van der Waals surface area contributed by atoms with E-state index in [1.165, 1.54) is 14.2 Å². The Labute approximate surface area is 79.8 Å². The molecule has 1 heterocycles. The average Bonchev–Trinajstić information content (AvgIpc) is 2.15. The molecule has 1 aliphatic heterocycles. The van der Waals surface area contributed by atoms with Crippen molar-refractivity contribution in [1.82, 2.24) is 10.4 Å². The van der Waals surface area contributed by atoms with Gasteiger partial charge >= 0.3 is 0 Å². The molecular formula is C8H10F2N2O2. The predicted molar refractivity (Wildman–Crippen MR) is 45.1 cm³/mol. The van der Waals surface area contributed by atoms with Crippen LogP contribution in [0.3, 0.4) is 0 Å². The SMILES string of the molecule is CONC(=O)C1=CC=C(F)N(C)C1F. The van der Waals surface area contributed by atoms with Crippen LogP contribution >= 0.6 is 0 Å². The third-order valence-electron chi connectivity index (χ3n) is 1.79. The van der Waals surface area contributed by atoms with Crippen LogP contribution in [-0.4, -0.2) is 31.3 Å². The lowest BCUT2D eigenvalue weighted by Crippen LogP contribution is -2.37. The highest BCUT2D eigenvalue weighted by Crippen LogP contribution is 2.21. The molecule has 1 N–H and O–H groups in total. The third kappa shape index (κ3) is 1.90. The van der Waals surface area contributed by atoms with Crippen molar-refractivity contribution in [3.63, 3.8) is 0 Å². The molecule has 1 aliphatic rings. The summed E-state index contributed by atoms with van der Waals surface area (Å²) in [6.07, 6.45) is 0.296. The lowest BCUT2D eigenvalue weighted by atomic mass is 10.1. The minimum atomic E-state index is -1.80. The van der Waals surface area contributed by atoms with Gasteiger partial charge in [-0.2, -0.15) is 4.39 Å². The maximum absolute atomic E-state index is 13.3. The van der Waals surface area contributed by atoms with E-state index >= 15 is 0 Å². The Bertz CT molecular complexity index is 302. The van der Waals surface area contributed by atoms with Gasteiger partial charge < -0.3 is 4.90 Å². The van der Waals surface area contributed by atoms with Gasteiger partial charge in [0.25, 0.3) is 5.91 Å². The van der Waals surface area contributed by atoms with Gasteiger partial charge in [-0.15, -0.1) is 0 Å². The fourth-order valence-electron chi connectivity index (χ4n) is 1.01. The molecule has 6 heteroatoms. The normalized spacial score (nSPS) is 21.4. The minimum absolute atomic E-state index is 0.198. The van der Waals surface area contributed by atoms with Crippen LogP contribution < -0.4 is 5.48 Å². The number of carbonyl (C=O) groups excluding carboxylic acids is 1. The monoisotopic (exact) mass is 204 g/mol. The number of halogens is 2. The largest absolute Gasteiger partial charge is 0.318 e. The number of nitrogens with one attached hydrogen (secondary N) is 1. The van der Waals surface area contributed by atoms with Crippen molar-refractivity contribution in [3.8, 4) is 0 Å². The van der Waals surface area contributed by atoms with E-state index in [2.05, 4.69) is 4.84 Å². The van der Waals surface area contributed by atoms with Gasteiger partial charge in [-0.3, -0.25) is 9.63 Å². The highest BCUT2D eigenvalue weighted by atomic mass is 19.2. The summed E-state index contributed by atoms with van der Waals surface area (Å²) in [6, 6.07) is 0. The summed E-state index contributed by atoms with van der Waals surface area (Å²) in [4.78, 5) is 16.2. The molecule has 0 radical (unpaired) electrons. The average molecular weight is 204 g/mol. The molecule has 4 nitrogen and oxygen atoms in total. The number of nitrogens with zero attached hydrogens (tertiary/aromatic N) is 1. The molecule has 1 atom stereocenters. The second-order valence-electron chi connectivity index (χ2n) is 2.69. The summed E-state index contributed by atoms with van der Waals surface area (Å²) < 4.78 is 26.1. The van der Waals surface area contributed by atoms with Gasteiger partial charge in [0.15, 0.2) is 5.95 Å². The second kappa shape index (κ2) is 4.19. The molecule has 0 fully saturated rings. The van der Waals surface area contributed by atoms with Crippen LogP contribution in [0.25, 0.3) is 0 Å². The maximum Gasteiger partial charge on any atom is 0.275 e. The number of hydroxylamine groups is 1. The lowest BCUT2D eigenvalue weighted by Gasteiger charge is -2.25. The third-order valence-corrected chi connectivity index (χ3v) is 1.79. The van der Waals surface area contributed by atoms with Gasteiger partial charge in [0.2, 0.25) is 6.30 Å². The lowest BCUT2D eigenvalue weighted by molar-refractivity contribution is -0.128. The maximum atomic E-state index is 13.3. The van der Waals surface area contributed by atoms with Crippen LogP contribution in [0.2, 0.25) is 0 Å². The van der Waals surface area contributed by atoms with Gasteiger partial charge in [0.05, 0.1) is 12.7 Å². The first-order valence-corrected chi connectivity index (χ1v) is 3.85. The molecule has 1 amide bonds. The molecule has 1 unspecified atom stereocenters. The van der Waals surface area contributed by atoms with Crippen LogP contribution in [0, 0.1) is 0 Å². The van der Waals surface area contributed by atoms with Gasteiger partial charge in [0, 0.05) is 7.05 Å². The molecule has 1 rings (SSSR count). The summed E-state index contributed by atoms with van der Waals surface area (Å²) in [7, 11) is 2.44. The van der Waals surface area contributed by atoms with Gasteiger partial charge in [0.1, 0.15) is 0 Å². The van der Waals surface area contributed by atoms with Crippen LogP contribution in [-0.2, 0) is 9.63 Å². The molecule has 14 heavy (non-hydrogen) atoms. The number of rotatable bonds is 2. The smallest absolute Gasteiger partial charge is 0.275 e. The molecule has 0 spiro atoms. The standard InChI is InChI=1S/C8H10F2N2O2/c1-12-6(9)4-3-5(7(12)10)8(13)11-14-2/h3-4,7H,1-2H3,(H,11,13). The van der Waals surface area contributed by atoms with E-state index in [9.17, 15) is 13.6 Å². The Balaban J connectivity index is 2.84. The first-order chi connectivity index (χ1) is 6.57. The zero-order valence-corrected chi connectivity index (χ0v) is 7.75. The first kappa shape index (κ1) is 10.6. The zero-order chi connectivity index (χ0) is 10.7. The highest BCUT2D eigenvalue weighted by Gasteiger charge is 2.28. The number of amides is 1. The molecule has 0 aromatic heterocycles. The summed E-state index contributed by atoms with van der Waals surface area (Å²) >= 11 is 0. The number of allylic oxidation sites excluding steroid dienone is 2. The van der Waals surface area contributed by atoms with Gasteiger partial charge in [-0.25, -0.2) is 9.87 Å². The van der Waals surface area contributed by atoms with E-state index in [-0.39, 0.29) is 5.57 Å². The quantitative estimate of drug-likeness (QED) is 0.530. The van der Waals surface area contributed by atoms with Crippen molar-refractivity contribution in [2.45, 2.75) is 6.30 Å². The molecule has 0 bridgehead atoms. The Kier molecular flexibility index (Phi) is 3.19. The number of hydrogen-bond donors (Lipinski definition) is 1. The molecule has 0 saturated heterocycles. The zero-order valence-electron chi connectivity index (χ0n) is 7.75. The Morgan fingerprint density at radius 2 is 2.29 bits per heavy atom. The van der Waals surface area contributed by atoms with Crippen LogP contribution in [0.15, 0.2) is 23.7 Å². The number of hydrogen-bond acceptors (Lipinski definition) is 3. The number of likely N-dealkylation sites (N-methyl/N-ethyl adjacent to an activating group) is 1. The van der Waals surface area contributed by atoms with E-state index in [1.54, 1.807) is 0 Å². The number of alkyl halides is 1. The molecular weight excluding hydrogens is 194 g/mol. The van der Waals surface area contributed by atoms with Crippen molar-refractivity contribution >= 4 is 5.91 Å². The minimum Gasteiger partial charge on any atom is -0.318 e. The first-order valence-electron chi connectivity index (χ1n) is 3.85. The van der Waals surface area contributed by atoms with E-state index in [1.807, 2.05) is 5.48 Å². The summed E-state index contributed by atoms with van der Waals surface area (Å²) in [5, 5.41) is 0. The fourth-order valence-corrected chi connectivity index (χ4v) is 1.01. The van der Waals surface area contributed by atoms with Crippen molar-refractivity contribution < 1.29 is 18.4 Å². The topological polar surface area (TPSA) is 41.6 Å². The van der Waals surface area contributed by atoms with Crippen molar-refractivity contribution in [1.29, 1.82) is 0 Å². The van der Waals surface area contributed by atoms with E-state index in [4.69, 9.17) is 0 Å². The Morgan fingerprint density at radius 3 is 2.86 bits per heavy atom. The second-order valence-corrected chi connectivity index (χ2v) is 2.69. The van der Waals surface area contributed by atoms with Crippen LogP contribution in [0.1, 0.15) is 0 Å². The van der Waals surface area contributed by atoms with E-state index < -0.39 is 18.2 Å².